The van der Waals surface area contributed by atoms with Gasteiger partial charge in [0.25, 0.3) is 5.91 Å². The molecule has 0 atom stereocenters. The Morgan fingerprint density at radius 1 is 1.12 bits per heavy atom. The zero-order valence-electron chi connectivity index (χ0n) is 19.1. The summed E-state index contributed by atoms with van der Waals surface area (Å²) in [5.41, 5.74) is 1.38. The van der Waals surface area contributed by atoms with E-state index in [1.165, 1.54) is 20.2 Å². The summed E-state index contributed by atoms with van der Waals surface area (Å²) in [6.07, 6.45) is 3.17. The third-order valence-electron chi connectivity index (χ3n) is 5.44. The van der Waals surface area contributed by atoms with E-state index in [1.54, 1.807) is 37.4 Å². The van der Waals surface area contributed by atoms with Gasteiger partial charge in [-0.2, -0.15) is 0 Å². The van der Waals surface area contributed by atoms with Gasteiger partial charge in [-0.25, -0.2) is 12.7 Å². The lowest BCUT2D eigenvalue weighted by Gasteiger charge is -2.30. The molecule has 0 unspecified atom stereocenters. The first-order valence-electron chi connectivity index (χ1n) is 10.8. The molecule has 1 amide bonds. The molecule has 0 saturated carbocycles. The number of rotatable bonds is 9. The summed E-state index contributed by atoms with van der Waals surface area (Å²) in [5, 5.41) is 3.21. The molecule has 0 aromatic heterocycles. The number of amides is 1. The predicted octanol–water partition coefficient (Wildman–Crippen LogP) is 3.86. The van der Waals surface area contributed by atoms with E-state index in [0.717, 1.165) is 36.7 Å². The molecule has 10 heteroatoms. The van der Waals surface area contributed by atoms with E-state index >= 15 is 0 Å². The molecular formula is C23H30ClN3O5S. The van der Waals surface area contributed by atoms with Crippen molar-refractivity contribution >= 4 is 38.9 Å². The Morgan fingerprint density at radius 3 is 2.52 bits per heavy atom. The van der Waals surface area contributed by atoms with Gasteiger partial charge in [0.1, 0.15) is 6.61 Å². The number of hydrogen-bond donors (Lipinski definition) is 1. The molecule has 3 rings (SSSR count). The molecule has 8 nitrogen and oxygen atoms in total. The number of nitrogens with one attached hydrogen (secondary N) is 1. The maximum Gasteiger partial charge on any atom is 0.257 e. The molecule has 0 bridgehead atoms. The molecule has 1 N–H and O–H groups in total. The molecule has 0 radical (unpaired) electrons. The molecule has 1 saturated heterocycles. The Balaban J connectivity index is 1.99. The number of nitrogens with zero attached hydrogens (tertiary/aromatic N) is 2. The summed E-state index contributed by atoms with van der Waals surface area (Å²) in [4.78, 5) is 15.6. The van der Waals surface area contributed by atoms with Gasteiger partial charge in [-0.15, -0.1) is 0 Å². The van der Waals surface area contributed by atoms with Crippen LogP contribution >= 0.6 is 11.6 Å². The number of carbonyl (C=O) groups excluding carboxylic acids is 1. The second-order valence-corrected chi connectivity index (χ2v) is 10.5. The Hall–Kier alpha value is -2.33. The van der Waals surface area contributed by atoms with Gasteiger partial charge in [-0.3, -0.25) is 4.79 Å². The average molecular weight is 496 g/mol. The molecule has 33 heavy (non-hydrogen) atoms. The third-order valence-corrected chi connectivity index (χ3v) is 7.55. The Kier molecular flexibility index (Phi) is 8.58. The van der Waals surface area contributed by atoms with Gasteiger partial charge in [0.2, 0.25) is 10.0 Å². The lowest BCUT2D eigenvalue weighted by atomic mass is 10.1. The molecule has 0 spiro atoms. The minimum Gasteiger partial charge on any atom is -0.487 e. The number of piperidine rings is 1. The summed E-state index contributed by atoms with van der Waals surface area (Å²) in [5.74, 6) is -0.105. The number of carbonyl (C=O) groups is 1. The van der Waals surface area contributed by atoms with E-state index in [0.29, 0.717) is 28.8 Å². The first kappa shape index (κ1) is 25.3. The predicted molar refractivity (Wildman–Crippen MR) is 130 cm³/mol. The highest BCUT2D eigenvalue weighted by atomic mass is 35.5. The van der Waals surface area contributed by atoms with Crippen molar-refractivity contribution in [2.24, 2.45) is 0 Å². The number of anilines is 2. The average Bonchev–Trinajstić information content (AvgIpc) is 2.81. The number of para-hydroxylation sites is 1. The Labute approximate surface area is 200 Å². The second-order valence-electron chi connectivity index (χ2n) is 7.93. The molecule has 1 heterocycles. The molecule has 1 aliphatic heterocycles. The highest BCUT2D eigenvalue weighted by molar-refractivity contribution is 7.89. The molecule has 180 valence electrons. The number of benzene rings is 2. The highest BCUT2D eigenvalue weighted by Gasteiger charge is 2.25. The van der Waals surface area contributed by atoms with Crippen LogP contribution < -0.4 is 15.0 Å². The van der Waals surface area contributed by atoms with Crippen LogP contribution in [0.4, 0.5) is 11.4 Å². The number of methoxy groups -OCH3 is 1. The standard InChI is InChI=1S/C23H30ClN3O5S/c1-26(2)33(29,30)17-10-11-21(27-12-5-4-6-13-27)18(16-17)23(28)25-20-9-7-8-19(24)22(20)32-15-14-31-3/h7-11,16H,4-6,12-15H2,1-3H3,(H,25,28). The van der Waals surface area contributed by atoms with E-state index in [-0.39, 0.29) is 17.1 Å². The van der Waals surface area contributed by atoms with Crippen LogP contribution in [0.3, 0.4) is 0 Å². The van der Waals surface area contributed by atoms with Crippen molar-refractivity contribution < 1.29 is 22.7 Å². The number of halogens is 1. The van der Waals surface area contributed by atoms with Crippen LogP contribution in [0.15, 0.2) is 41.3 Å². The van der Waals surface area contributed by atoms with Crippen LogP contribution in [0, 0.1) is 0 Å². The largest absolute Gasteiger partial charge is 0.487 e. The number of sulfonamides is 1. The van der Waals surface area contributed by atoms with Gasteiger partial charge in [-0.05, 0) is 49.6 Å². The summed E-state index contributed by atoms with van der Waals surface area (Å²) >= 11 is 6.30. The number of hydrogen-bond acceptors (Lipinski definition) is 6. The summed E-state index contributed by atoms with van der Waals surface area (Å²) in [6, 6.07) is 9.76. The van der Waals surface area contributed by atoms with Crippen molar-refractivity contribution in [2.45, 2.75) is 24.2 Å². The minimum atomic E-state index is -3.71. The Bertz CT molecular complexity index is 1090. The van der Waals surface area contributed by atoms with Crippen LogP contribution in [0.2, 0.25) is 5.02 Å². The van der Waals surface area contributed by atoms with Crippen molar-refractivity contribution in [3.63, 3.8) is 0 Å². The SMILES string of the molecule is COCCOc1c(Cl)cccc1NC(=O)c1cc(S(=O)(=O)N(C)C)ccc1N1CCCCC1. The molecule has 1 aliphatic rings. The van der Waals surface area contributed by atoms with Crippen LogP contribution in [0.25, 0.3) is 0 Å². The van der Waals surface area contributed by atoms with Gasteiger partial charge in [0, 0.05) is 40.0 Å². The lowest BCUT2D eigenvalue weighted by molar-refractivity contribution is 0.102. The van der Waals surface area contributed by atoms with Gasteiger partial charge >= 0.3 is 0 Å². The molecule has 0 aliphatic carbocycles. The second kappa shape index (κ2) is 11.2. The summed E-state index contributed by atoms with van der Waals surface area (Å²) < 4.78 is 37.3. The third kappa shape index (κ3) is 5.97. The normalized spacial score (nSPS) is 14.4. The van der Waals surface area contributed by atoms with E-state index in [4.69, 9.17) is 21.1 Å². The summed E-state index contributed by atoms with van der Waals surface area (Å²) in [6.45, 7) is 2.24. The maximum atomic E-state index is 13.5. The zero-order valence-corrected chi connectivity index (χ0v) is 20.7. The zero-order chi connectivity index (χ0) is 24.0. The van der Waals surface area contributed by atoms with Crippen molar-refractivity contribution in [2.75, 3.05) is 57.7 Å². The van der Waals surface area contributed by atoms with E-state index in [9.17, 15) is 13.2 Å². The van der Waals surface area contributed by atoms with Crippen LogP contribution in [-0.2, 0) is 14.8 Å². The quantitative estimate of drug-likeness (QED) is 0.531. The first-order valence-corrected chi connectivity index (χ1v) is 12.6. The number of ether oxygens (including phenoxy) is 2. The van der Waals surface area contributed by atoms with Crippen LogP contribution in [0.5, 0.6) is 5.75 Å². The summed E-state index contributed by atoms with van der Waals surface area (Å²) in [7, 11) is 0.780. The first-order chi connectivity index (χ1) is 15.8. The topological polar surface area (TPSA) is 88.2 Å². The van der Waals surface area contributed by atoms with Crippen molar-refractivity contribution in [1.82, 2.24) is 4.31 Å². The highest BCUT2D eigenvalue weighted by Crippen LogP contribution is 2.34. The van der Waals surface area contributed by atoms with Crippen LogP contribution in [-0.4, -0.2) is 66.1 Å². The van der Waals surface area contributed by atoms with Crippen LogP contribution in [0.1, 0.15) is 29.6 Å². The van der Waals surface area contributed by atoms with Crippen molar-refractivity contribution in [3.8, 4) is 5.75 Å². The van der Waals surface area contributed by atoms with Gasteiger partial charge in [-0.1, -0.05) is 17.7 Å². The lowest BCUT2D eigenvalue weighted by Crippen LogP contribution is -2.32. The fraction of sp³-hybridized carbons (Fsp3) is 0.435. The fourth-order valence-corrected chi connectivity index (χ4v) is 4.81. The van der Waals surface area contributed by atoms with Crippen molar-refractivity contribution in [1.29, 1.82) is 0 Å². The molecule has 2 aromatic rings. The molecule has 2 aromatic carbocycles. The van der Waals surface area contributed by atoms with Crippen molar-refractivity contribution in [3.05, 3.63) is 47.0 Å². The fourth-order valence-electron chi connectivity index (χ4n) is 3.65. The Morgan fingerprint density at radius 2 is 1.85 bits per heavy atom. The monoisotopic (exact) mass is 495 g/mol. The van der Waals surface area contributed by atoms with Gasteiger partial charge in [0.15, 0.2) is 5.75 Å². The minimum absolute atomic E-state index is 0.0565. The smallest absolute Gasteiger partial charge is 0.257 e. The van der Waals surface area contributed by atoms with E-state index < -0.39 is 15.9 Å². The molecule has 1 fully saturated rings. The van der Waals surface area contributed by atoms with Gasteiger partial charge < -0.3 is 19.7 Å². The maximum absolute atomic E-state index is 13.5. The molecular weight excluding hydrogens is 466 g/mol. The van der Waals surface area contributed by atoms with E-state index in [1.807, 2.05) is 0 Å². The van der Waals surface area contributed by atoms with Gasteiger partial charge in [0.05, 0.1) is 27.8 Å². The van der Waals surface area contributed by atoms with E-state index in [2.05, 4.69) is 10.2 Å².